The Kier molecular flexibility index (Phi) is 3.24. The van der Waals surface area contributed by atoms with Gasteiger partial charge in [0.25, 0.3) is 5.91 Å². The van der Waals surface area contributed by atoms with E-state index >= 15 is 0 Å². The molecule has 0 fully saturated rings. The van der Waals surface area contributed by atoms with Crippen LogP contribution in [-0.2, 0) is 4.79 Å². The maximum Gasteiger partial charge on any atom is 0.250 e. The highest BCUT2D eigenvalue weighted by atomic mass is 79.9. The Morgan fingerprint density at radius 3 is 2.57 bits per heavy atom. The molecular weight excluding hydrogens is 248 g/mol. The van der Waals surface area contributed by atoms with Gasteiger partial charge in [-0.15, -0.1) is 0 Å². The SMILES string of the molecule is CC(=O)Nc1ccc(Br)cc1C(N)=O. The van der Waals surface area contributed by atoms with Crippen LogP contribution in [0.25, 0.3) is 0 Å². The second-order valence-electron chi connectivity index (χ2n) is 2.74. The lowest BCUT2D eigenvalue weighted by Crippen LogP contribution is -2.16. The van der Waals surface area contributed by atoms with Gasteiger partial charge in [0.2, 0.25) is 5.91 Å². The van der Waals surface area contributed by atoms with Crippen LogP contribution >= 0.6 is 15.9 Å². The number of carbonyl (C=O) groups excluding carboxylic acids is 2. The number of nitrogens with two attached hydrogens (primary N) is 1. The third kappa shape index (κ3) is 2.56. The van der Waals surface area contributed by atoms with Gasteiger partial charge in [0.1, 0.15) is 0 Å². The summed E-state index contributed by atoms with van der Waals surface area (Å²) in [4.78, 5) is 21.8. The largest absolute Gasteiger partial charge is 0.366 e. The maximum absolute atomic E-state index is 11.0. The molecule has 4 nitrogen and oxygen atoms in total. The minimum Gasteiger partial charge on any atom is -0.366 e. The summed E-state index contributed by atoms with van der Waals surface area (Å²) in [5.74, 6) is -0.815. The molecular formula is C9H9BrN2O2. The van der Waals surface area contributed by atoms with Crippen LogP contribution in [-0.4, -0.2) is 11.8 Å². The second-order valence-corrected chi connectivity index (χ2v) is 3.65. The topological polar surface area (TPSA) is 72.2 Å². The number of halogens is 1. The van der Waals surface area contributed by atoms with Crippen LogP contribution in [0.4, 0.5) is 5.69 Å². The summed E-state index contributed by atoms with van der Waals surface area (Å²) < 4.78 is 0.736. The third-order valence-corrected chi connectivity index (χ3v) is 2.05. The molecule has 2 amide bonds. The van der Waals surface area contributed by atoms with E-state index in [9.17, 15) is 9.59 Å². The smallest absolute Gasteiger partial charge is 0.250 e. The van der Waals surface area contributed by atoms with Crippen LogP contribution < -0.4 is 11.1 Å². The highest BCUT2D eigenvalue weighted by molar-refractivity contribution is 9.10. The van der Waals surface area contributed by atoms with Crippen LogP contribution in [0.1, 0.15) is 17.3 Å². The molecule has 0 heterocycles. The Balaban J connectivity index is 3.14. The van der Waals surface area contributed by atoms with Crippen LogP contribution in [0.3, 0.4) is 0 Å². The summed E-state index contributed by atoms with van der Waals surface area (Å²) in [5, 5.41) is 2.52. The van der Waals surface area contributed by atoms with Crippen LogP contribution in [0.2, 0.25) is 0 Å². The second kappa shape index (κ2) is 4.23. The number of hydrogen-bond acceptors (Lipinski definition) is 2. The van der Waals surface area contributed by atoms with E-state index in [1.165, 1.54) is 6.92 Å². The van der Waals surface area contributed by atoms with Gasteiger partial charge in [-0.1, -0.05) is 15.9 Å². The molecule has 0 aliphatic rings. The van der Waals surface area contributed by atoms with Crippen molar-refractivity contribution in [2.24, 2.45) is 5.73 Å². The van der Waals surface area contributed by atoms with Gasteiger partial charge in [-0.3, -0.25) is 9.59 Å². The van der Waals surface area contributed by atoms with E-state index in [2.05, 4.69) is 21.2 Å². The van der Waals surface area contributed by atoms with E-state index < -0.39 is 5.91 Å². The summed E-state index contributed by atoms with van der Waals surface area (Å²) in [6.45, 7) is 1.37. The fraction of sp³-hybridized carbons (Fsp3) is 0.111. The molecule has 0 unspecified atom stereocenters. The van der Waals surface area contributed by atoms with Gasteiger partial charge < -0.3 is 11.1 Å². The van der Waals surface area contributed by atoms with Crippen molar-refractivity contribution in [1.29, 1.82) is 0 Å². The van der Waals surface area contributed by atoms with Gasteiger partial charge in [-0.05, 0) is 18.2 Å². The lowest BCUT2D eigenvalue weighted by molar-refractivity contribution is -0.114. The van der Waals surface area contributed by atoms with Gasteiger partial charge in [-0.2, -0.15) is 0 Å². The van der Waals surface area contributed by atoms with Crippen molar-refractivity contribution < 1.29 is 9.59 Å². The Bertz CT molecular complexity index is 390. The summed E-state index contributed by atoms with van der Waals surface area (Å²) >= 11 is 3.21. The van der Waals surface area contributed by atoms with Gasteiger partial charge in [0.05, 0.1) is 11.3 Å². The lowest BCUT2D eigenvalue weighted by Gasteiger charge is -2.06. The molecule has 0 aliphatic heterocycles. The minimum absolute atomic E-state index is 0.241. The number of carbonyl (C=O) groups is 2. The first kappa shape index (κ1) is 10.7. The number of benzene rings is 1. The Morgan fingerprint density at radius 2 is 2.07 bits per heavy atom. The van der Waals surface area contributed by atoms with Crippen LogP contribution in [0.5, 0.6) is 0 Å². The molecule has 0 saturated heterocycles. The van der Waals surface area contributed by atoms with E-state index in [0.717, 1.165) is 4.47 Å². The minimum atomic E-state index is -0.574. The summed E-state index contributed by atoms with van der Waals surface area (Å²) in [5.41, 5.74) is 5.86. The van der Waals surface area contributed by atoms with Gasteiger partial charge in [0.15, 0.2) is 0 Å². The number of nitrogens with one attached hydrogen (secondary N) is 1. The lowest BCUT2D eigenvalue weighted by atomic mass is 10.1. The van der Waals surface area contributed by atoms with Crippen molar-refractivity contribution in [1.82, 2.24) is 0 Å². The number of anilines is 1. The normalized spacial score (nSPS) is 9.57. The molecule has 14 heavy (non-hydrogen) atoms. The molecule has 0 saturated carbocycles. The molecule has 5 heteroatoms. The number of rotatable bonds is 2. The molecule has 3 N–H and O–H groups in total. The highest BCUT2D eigenvalue weighted by Crippen LogP contribution is 2.20. The highest BCUT2D eigenvalue weighted by Gasteiger charge is 2.09. The van der Waals surface area contributed by atoms with Gasteiger partial charge in [-0.25, -0.2) is 0 Å². The molecule has 0 aliphatic carbocycles. The average Bonchev–Trinajstić information content (AvgIpc) is 2.07. The Hall–Kier alpha value is -1.36. The molecule has 1 aromatic carbocycles. The van der Waals surface area contributed by atoms with Crippen molar-refractivity contribution >= 4 is 33.4 Å². The molecule has 0 bridgehead atoms. The molecule has 1 aromatic rings. The van der Waals surface area contributed by atoms with Gasteiger partial charge >= 0.3 is 0 Å². The quantitative estimate of drug-likeness (QED) is 0.842. The molecule has 0 radical (unpaired) electrons. The number of hydrogen-bond donors (Lipinski definition) is 2. The molecule has 1 rings (SSSR count). The zero-order valence-electron chi connectivity index (χ0n) is 7.50. The molecule has 0 aromatic heterocycles. The van der Waals surface area contributed by atoms with Crippen molar-refractivity contribution in [3.05, 3.63) is 28.2 Å². The number of primary amides is 1. The van der Waals surface area contributed by atoms with E-state index in [1.54, 1.807) is 18.2 Å². The zero-order valence-corrected chi connectivity index (χ0v) is 9.09. The third-order valence-electron chi connectivity index (χ3n) is 1.56. The van der Waals surface area contributed by atoms with E-state index in [4.69, 9.17) is 5.73 Å². The fourth-order valence-corrected chi connectivity index (χ4v) is 1.38. The molecule has 0 atom stereocenters. The predicted octanol–water partition coefficient (Wildman–Crippen LogP) is 1.51. The van der Waals surface area contributed by atoms with Crippen molar-refractivity contribution in [2.45, 2.75) is 6.92 Å². The monoisotopic (exact) mass is 256 g/mol. The molecule has 0 spiro atoms. The first-order valence-electron chi connectivity index (χ1n) is 3.87. The zero-order chi connectivity index (χ0) is 10.7. The maximum atomic E-state index is 11.0. The summed E-state index contributed by atoms with van der Waals surface area (Å²) in [7, 11) is 0. The Labute approximate surface area is 89.6 Å². The standard InChI is InChI=1S/C9H9BrN2O2/c1-5(13)12-8-3-2-6(10)4-7(8)9(11)14/h2-4H,1H3,(H2,11,14)(H,12,13). The van der Waals surface area contributed by atoms with Crippen molar-refractivity contribution in [3.63, 3.8) is 0 Å². The number of amides is 2. The van der Waals surface area contributed by atoms with Crippen LogP contribution in [0.15, 0.2) is 22.7 Å². The van der Waals surface area contributed by atoms with Crippen molar-refractivity contribution in [2.75, 3.05) is 5.32 Å². The first-order valence-corrected chi connectivity index (χ1v) is 4.67. The van der Waals surface area contributed by atoms with E-state index in [0.29, 0.717) is 5.69 Å². The van der Waals surface area contributed by atoms with Gasteiger partial charge in [0, 0.05) is 11.4 Å². The molecule has 74 valence electrons. The summed E-state index contributed by atoms with van der Waals surface area (Å²) in [6, 6.07) is 4.90. The Morgan fingerprint density at radius 1 is 1.43 bits per heavy atom. The van der Waals surface area contributed by atoms with E-state index in [1.807, 2.05) is 0 Å². The average molecular weight is 257 g/mol. The van der Waals surface area contributed by atoms with Crippen LogP contribution in [0, 0.1) is 0 Å². The predicted molar refractivity (Wildman–Crippen MR) is 57.0 cm³/mol. The first-order chi connectivity index (χ1) is 6.50. The summed E-state index contributed by atoms with van der Waals surface area (Å²) in [6.07, 6.45) is 0. The van der Waals surface area contributed by atoms with Crippen molar-refractivity contribution in [3.8, 4) is 0 Å². The van der Waals surface area contributed by atoms with E-state index in [-0.39, 0.29) is 11.5 Å². The fourth-order valence-electron chi connectivity index (χ4n) is 1.02.